The van der Waals surface area contributed by atoms with Crippen molar-refractivity contribution in [3.8, 4) is 18.1 Å². The molecule has 1 unspecified atom stereocenters. The highest BCUT2D eigenvalue weighted by Crippen LogP contribution is 2.35. The Kier molecular flexibility index (Phi) is 4.64. The molecular weight excluding hydrogens is 293 g/mol. The van der Waals surface area contributed by atoms with E-state index in [-0.39, 0.29) is 5.02 Å². The third-order valence-corrected chi connectivity index (χ3v) is 3.46. The number of ether oxygens (including phenoxy) is 2. The monoisotopic (exact) mass is 309 g/mol. The van der Waals surface area contributed by atoms with Crippen molar-refractivity contribution in [3.05, 3.63) is 34.3 Å². The van der Waals surface area contributed by atoms with Crippen molar-refractivity contribution < 1.29 is 13.9 Å². The molecule has 0 radical (unpaired) electrons. The molecule has 0 bridgehead atoms. The van der Waals surface area contributed by atoms with Gasteiger partial charge in [-0.3, -0.25) is 0 Å². The maximum Gasteiger partial charge on any atom is 0.161 e. The van der Waals surface area contributed by atoms with E-state index in [9.17, 15) is 4.39 Å². The molecule has 2 rings (SSSR count). The summed E-state index contributed by atoms with van der Waals surface area (Å²) in [5.74, 6) is 3.24. The van der Waals surface area contributed by atoms with Gasteiger partial charge in [0.25, 0.3) is 0 Å². The average molecular weight is 310 g/mol. The van der Waals surface area contributed by atoms with Gasteiger partial charge in [-0.25, -0.2) is 4.39 Å². The highest BCUT2D eigenvalue weighted by Gasteiger charge is 2.23. The molecule has 0 saturated carbocycles. The number of hydrogen-bond acceptors (Lipinski definition) is 3. The van der Waals surface area contributed by atoms with Gasteiger partial charge in [-0.2, -0.15) is 0 Å². The first kappa shape index (κ1) is 15.5. The molecule has 112 valence electrons. The fraction of sp³-hybridized carbons (Fsp3) is 0.375. The van der Waals surface area contributed by atoms with E-state index >= 15 is 0 Å². The van der Waals surface area contributed by atoms with E-state index < -0.39 is 11.9 Å². The second-order valence-corrected chi connectivity index (χ2v) is 5.46. The van der Waals surface area contributed by atoms with Gasteiger partial charge in [0.2, 0.25) is 0 Å². The molecule has 1 fully saturated rings. The van der Waals surface area contributed by atoms with E-state index in [4.69, 9.17) is 27.5 Å². The highest BCUT2D eigenvalue weighted by molar-refractivity contribution is 6.32. The first-order chi connectivity index (χ1) is 9.92. The zero-order valence-electron chi connectivity index (χ0n) is 12.2. The maximum atomic E-state index is 14.1. The number of allylic oxidation sites excluding steroid dienone is 1. The molecule has 1 atom stereocenters. The van der Waals surface area contributed by atoms with E-state index in [1.807, 2.05) is 13.8 Å². The minimum absolute atomic E-state index is 0.195. The molecule has 1 heterocycles. The zero-order valence-corrected chi connectivity index (χ0v) is 13.0. The molecule has 1 aromatic rings. The molecule has 0 aliphatic carbocycles. The summed E-state index contributed by atoms with van der Waals surface area (Å²) >= 11 is 6.00. The van der Waals surface area contributed by atoms with Crippen LogP contribution in [0.15, 0.2) is 23.5 Å². The minimum Gasteiger partial charge on any atom is -0.476 e. The van der Waals surface area contributed by atoms with Crippen LogP contribution in [0, 0.1) is 18.2 Å². The summed E-state index contributed by atoms with van der Waals surface area (Å²) in [4.78, 5) is 1.78. The predicted octanol–water partition coefficient (Wildman–Crippen LogP) is 3.97. The Morgan fingerprint density at radius 1 is 1.52 bits per heavy atom. The highest BCUT2D eigenvalue weighted by atomic mass is 35.5. The van der Waals surface area contributed by atoms with Crippen LogP contribution in [0.25, 0.3) is 0 Å². The van der Waals surface area contributed by atoms with Gasteiger partial charge >= 0.3 is 0 Å². The number of terminal acetylenes is 1. The van der Waals surface area contributed by atoms with Crippen LogP contribution in [-0.4, -0.2) is 19.4 Å². The van der Waals surface area contributed by atoms with Crippen LogP contribution < -0.4 is 9.64 Å². The molecule has 1 aromatic carbocycles. The second kappa shape index (κ2) is 6.28. The van der Waals surface area contributed by atoms with Gasteiger partial charge < -0.3 is 14.4 Å². The van der Waals surface area contributed by atoms with Gasteiger partial charge in [-0.15, -0.1) is 6.42 Å². The van der Waals surface area contributed by atoms with E-state index in [0.29, 0.717) is 24.7 Å². The number of hydrogen-bond donors (Lipinski definition) is 0. The van der Waals surface area contributed by atoms with Crippen LogP contribution in [0.4, 0.5) is 10.1 Å². The Morgan fingerprint density at radius 3 is 2.81 bits per heavy atom. The Morgan fingerprint density at radius 2 is 2.24 bits per heavy atom. The number of halogens is 2. The topological polar surface area (TPSA) is 21.7 Å². The van der Waals surface area contributed by atoms with Crippen LogP contribution >= 0.6 is 11.6 Å². The molecule has 1 aliphatic heterocycles. The summed E-state index contributed by atoms with van der Waals surface area (Å²) in [6, 6.07) is 2.79. The number of anilines is 1. The van der Waals surface area contributed by atoms with Gasteiger partial charge in [-0.05, 0) is 32.4 Å². The number of benzene rings is 1. The SMILES string of the molecule is C#CC(C)Oc1cc(N2COC(=C(C)C)C2)c(F)cc1Cl. The van der Waals surface area contributed by atoms with Crippen LogP contribution in [0.1, 0.15) is 20.8 Å². The van der Waals surface area contributed by atoms with Gasteiger partial charge in [0.1, 0.15) is 17.3 Å². The van der Waals surface area contributed by atoms with Crippen molar-refractivity contribution >= 4 is 17.3 Å². The first-order valence-electron chi connectivity index (χ1n) is 6.58. The van der Waals surface area contributed by atoms with Crippen molar-refractivity contribution in [1.82, 2.24) is 0 Å². The van der Waals surface area contributed by atoms with Crippen molar-refractivity contribution in [1.29, 1.82) is 0 Å². The summed E-state index contributed by atoms with van der Waals surface area (Å²) < 4.78 is 25.2. The van der Waals surface area contributed by atoms with Crippen LogP contribution in [0.2, 0.25) is 5.02 Å². The molecule has 1 aliphatic rings. The van der Waals surface area contributed by atoms with Gasteiger partial charge in [0, 0.05) is 6.07 Å². The molecule has 1 saturated heterocycles. The average Bonchev–Trinajstić information content (AvgIpc) is 2.91. The lowest BCUT2D eigenvalue weighted by atomic mass is 10.2. The lowest BCUT2D eigenvalue weighted by molar-refractivity contribution is 0.260. The second-order valence-electron chi connectivity index (χ2n) is 5.06. The third-order valence-electron chi connectivity index (χ3n) is 3.17. The van der Waals surface area contributed by atoms with Crippen LogP contribution in [0.5, 0.6) is 5.75 Å². The van der Waals surface area contributed by atoms with E-state index in [1.165, 1.54) is 6.07 Å². The standard InChI is InChI=1S/C16H17ClFNO2/c1-5-11(4)21-15-7-14(13(18)6-12(15)17)19-8-16(10(2)3)20-9-19/h1,6-7,11H,8-9H2,2-4H3. The minimum atomic E-state index is -0.441. The molecule has 0 spiro atoms. The van der Waals surface area contributed by atoms with Gasteiger partial charge in [-0.1, -0.05) is 17.5 Å². The molecular formula is C16H17ClFNO2. The third kappa shape index (κ3) is 3.43. The first-order valence-corrected chi connectivity index (χ1v) is 6.96. The summed E-state index contributed by atoms with van der Waals surface area (Å²) in [5, 5.41) is 0.195. The Hall–Kier alpha value is -1.86. The lowest BCUT2D eigenvalue weighted by Gasteiger charge is -2.18. The maximum absolute atomic E-state index is 14.1. The molecule has 0 aromatic heterocycles. The fourth-order valence-electron chi connectivity index (χ4n) is 1.95. The van der Waals surface area contributed by atoms with Crippen LogP contribution in [0.3, 0.4) is 0 Å². The summed E-state index contributed by atoms with van der Waals surface area (Å²) in [5.41, 5.74) is 1.46. The lowest BCUT2D eigenvalue weighted by Crippen LogP contribution is -2.20. The van der Waals surface area contributed by atoms with Crippen molar-refractivity contribution in [3.63, 3.8) is 0 Å². The number of nitrogens with zero attached hydrogens (tertiary/aromatic N) is 1. The normalized spacial score (nSPS) is 15.4. The summed E-state index contributed by atoms with van der Waals surface area (Å²) in [6.45, 7) is 6.45. The zero-order chi connectivity index (χ0) is 15.6. The molecule has 21 heavy (non-hydrogen) atoms. The molecule has 3 nitrogen and oxygen atoms in total. The predicted molar refractivity (Wildman–Crippen MR) is 82.0 cm³/mol. The van der Waals surface area contributed by atoms with E-state index in [1.54, 1.807) is 17.9 Å². The van der Waals surface area contributed by atoms with Crippen molar-refractivity contribution in [2.24, 2.45) is 0 Å². The summed E-state index contributed by atoms with van der Waals surface area (Å²) in [6.07, 6.45) is 4.84. The smallest absolute Gasteiger partial charge is 0.161 e. The Labute approximate surface area is 129 Å². The fourth-order valence-corrected chi connectivity index (χ4v) is 2.15. The van der Waals surface area contributed by atoms with Gasteiger partial charge in [0.05, 0.1) is 17.3 Å². The molecule has 5 heteroatoms. The Bertz CT molecular complexity index is 617. The summed E-state index contributed by atoms with van der Waals surface area (Å²) in [7, 11) is 0. The van der Waals surface area contributed by atoms with E-state index in [0.717, 1.165) is 11.3 Å². The van der Waals surface area contributed by atoms with Gasteiger partial charge in [0.15, 0.2) is 12.8 Å². The Balaban J connectivity index is 2.30. The number of rotatable bonds is 3. The van der Waals surface area contributed by atoms with E-state index in [2.05, 4.69) is 5.92 Å². The van der Waals surface area contributed by atoms with Crippen LogP contribution in [-0.2, 0) is 4.74 Å². The molecule has 0 amide bonds. The van der Waals surface area contributed by atoms with Crippen molar-refractivity contribution in [2.45, 2.75) is 26.9 Å². The molecule has 0 N–H and O–H groups in total. The quantitative estimate of drug-likeness (QED) is 0.789. The largest absolute Gasteiger partial charge is 0.476 e. The van der Waals surface area contributed by atoms with Crippen molar-refractivity contribution in [2.75, 3.05) is 18.2 Å².